The number of ether oxygens (including phenoxy) is 2. The Morgan fingerprint density at radius 1 is 1.30 bits per heavy atom. The first-order valence-corrected chi connectivity index (χ1v) is 6.95. The Morgan fingerprint density at radius 3 is 3.00 bits per heavy atom. The zero-order valence-corrected chi connectivity index (χ0v) is 11.4. The van der Waals surface area contributed by atoms with Crippen LogP contribution < -0.4 is 5.73 Å². The molecule has 0 saturated carbocycles. The van der Waals surface area contributed by atoms with Crippen LogP contribution in [0.25, 0.3) is 11.2 Å². The Bertz CT molecular complexity index is 565. The summed E-state index contributed by atoms with van der Waals surface area (Å²) in [7, 11) is 0. The Kier molecular flexibility index (Phi) is 4.08. The molecule has 7 heteroatoms. The zero-order valence-electron chi connectivity index (χ0n) is 11.4. The molecule has 2 aromatic heterocycles. The molecule has 2 N–H and O–H groups in total. The van der Waals surface area contributed by atoms with Gasteiger partial charge in [0.15, 0.2) is 11.5 Å². The Balaban J connectivity index is 1.51. The fourth-order valence-corrected chi connectivity index (χ4v) is 2.39. The summed E-state index contributed by atoms with van der Waals surface area (Å²) >= 11 is 0. The summed E-state index contributed by atoms with van der Waals surface area (Å²) in [5.41, 5.74) is 7.20. The quantitative estimate of drug-likeness (QED) is 0.820. The normalized spacial score (nSPS) is 16.8. The van der Waals surface area contributed by atoms with Crippen molar-refractivity contribution in [3.05, 3.63) is 12.7 Å². The molecule has 7 nitrogen and oxygen atoms in total. The van der Waals surface area contributed by atoms with Crippen molar-refractivity contribution in [2.24, 2.45) is 0 Å². The molecule has 1 saturated heterocycles. The summed E-state index contributed by atoms with van der Waals surface area (Å²) in [6.07, 6.45) is 6.49. The maximum atomic E-state index is 5.85. The third-order valence-electron chi connectivity index (χ3n) is 3.49. The van der Waals surface area contributed by atoms with Crippen LogP contribution in [0.2, 0.25) is 0 Å². The summed E-state index contributed by atoms with van der Waals surface area (Å²) in [6.45, 7) is 3.18. The van der Waals surface area contributed by atoms with Crippen LogP contribution in [-0.2, 0) is 16.0 Å². The second-order valence-electron chi connectivity index (χ2n) is 4.91. The van der Waals surface area contributed by atoms with Crippen molar-refractivity contribution in [2.45, 2.75) is 31.9 Å². The maximum Gasteiger partial charge on any atom is 0.165 e. The van der Waals surface area contributed by atoms with Crippen LogP contribution in [0.4, 0.5) is 5.82 Å². The van der Waals surface area contributed by atoms with E-state index in [0.29, 0.717) is 17.4 Å². The van der Waals surface area contributed by atoms with Gasteiger partial charge in [0.25, 0.3) is 0 Å². The number of imidazole rings is 1. The van der Waals surface area contributed by atoms with Crippen LogP contribution in [0.3, 0.4) is 0 Å². The van der Waals surface area contributed by atoms with Gasteiger partial charge >= 0.3 is 0 Å². The Labute approximate surface area is 117 Å². The Morgan fingerprint density at radius 2 is 2.15 bits per heavy atom. The summed E-state index contributed by atoms with van der Waals surface area (Å²) in [5.74, 6) is 0.423. The minimum atomic E-state index is 0.348. The molecule has 0 radical (unpaired) electrons. The van der Waals surface area contributed by atoms with E-state index in [1.165, 1.54) is 6.33 Å². The molecular weight excluding hydrogens is 258 g/mol. The minimum absolute atomic E-state index is 0.348. The van der Waals surface area contributed by atoms with Crippen LogP contribution >= 0.6 is 0 Å². The van der Waals surface area contributed by atoms with Gasteiger partial charge in [-0.1, -0.05) is 0 Å². The molecule has 0 bridgehead atoms. The van der Waals surface area contributed by atoms with Crippen LogP contribution in [0, 0.1) is 0 Å². The smallest absolute Gasteiger partial charge is 0.165 e. The van der Waals surface area contributed by atoms with Gasteiger partial charge in [-0.05, 0) is 19.3 Å². The monoisotopic (exact) mass is 277 g/mol. The van der Waals surface area contributed by atoms with Crippen molar-refractivity contribution in [1.29, 1.82) is 0 Å². The largest absolute Gasteiger partial charge is 0.382 e. The van der Waals surface area contributed by atoms with Crippen LogP contribution in [0.5, 0.6) is 0 Å². The lowest BCUT2D eigenvalue weighted by Gasteiger charge is -2.22. The number of nitrogens with zero attached hydrogens (tertiary/aromatic N) is 4. The molecule has 0 amide bonds. The topological polar surface area (TPSA) is 88.1 Å². The molecule has 0 aliphatic carbocycles. The standard InChI is InChI=1S/C13H19N5O2/c14-12-11-13(16-8-15-12)18(9-17-11)4-1-5-20-10-2-6-19-7-3-10/h8-10H,1-7H2,(H2,14,15,16). The molecular formula is C13H19N5O2. The highest BCUT2D eigenvalue weighted by molar-refractivity contribution is 5.80. The fourth-order valence-electron chi connectivity index (χ4n) is 2.39. The summed E-state index contributed by atoms with van der Waals surface area (Å²) < 4.78 is 13.1. The van der Waals surface area contributed by atoms with Gasteiger partial charge < -0.3 is 19.8 Å². The molecule has 0 spiro atoms. The van der Waals surface area contributed by atoms with E-state index in [2.05, 4.69) is 15.0 Å². The molecule has 108 valence electrons. The molecule has 2 aromatic rings. The molecule has 1 fully saturated rings. The van der Waals surface area contributed by atoms with Gasteiger partial charge in [-0.3, -0.25) is 0 Å². The Hall–Kier alpha value is -1.73. The number of rotatable bonds is 5. The number of aryl methyl sites for hydroxylation is 1. The highest BCUT2D eigenvalue weighted by Crippen LogP contribution is 2.15. The number of hydrogen-bond acceptors (Lipinski definition) is 6. The van der Waals surface area contributed by atoms with Crippen molar-refractivity contribution in [2.75, 3.05) is 25.6 Å². The predicted molar refractivity (Wildman–Crippen MR) is 74.1 cm³/mol. The second kappa shape index (κ2) is 6.15. The highest BCUT2D eigenvalue weighted by atomic mass is 16.5. The lowest BCUT2D eigenvalue weighted by molar-refractivity contribution is -0.0329. The van der Waals surface area contributed by atoms with Crippen LogP contribution in [0.15, 0.2) is 12.7 Å². The van der Waals surface area contributed by atoms with Crippen molar-refractivity contribution in [3.63, 3.8) is 0 Å². The molecule has 0 aromatic carbocycles. The minimum Gasteiger partial charge on any atom is -0.382 e. The predicted octanol–water partition coefficient (Wildman–Crippen LogP) is 0.994. The molecule has 1 aliphatic heterocycles. The van der Waals surface area contributed by atoms with Gasteiger partial charge in [0.1, 0.15) is 11.8 Å². The lowest BCUT2D eigenvalue weighted by atomic mass is 10.1. The van der Waals surface area contributed by atoms with Crippen molar-refractivity contribution >= 4 is 17.0 Å². The molecule has 3 heterocycles. The maximum absolute atomic E-state index is 5.85. The SMILES string of the molecule is Nc1ncnc2c1ncn2CCCOC1CCOCC1. The third-order valence-corrected chi connectivity index (χ3v) is 3.49. The lowest BCUT2D eigenvalue weighted by Crippen LogP contribution is -2.24. The van der Waals surface area contributed by atoms with E-state index in [1.54, 1.807) is 6.33 Å². The molecule has 0 unspecified atom stereocenters. The molecule has 20 heavy (non-hydrogen) atoms. The fraction of sp³-hybridized carbons (Fsp3) is 0.615. The van der Waals surface area contributed by atoms with E-state index in [4.69, 9.17) is 15.2 Å². The summed E-state index contributed by atoms with van der Waals surface area (Å²) in [4.78, 5) is 12.4. The molecule has 3 rings (SSSR count). The van der Waals surface area contributed by atoms with Crippen molar-refractivity contribution < 1.29 is 9.47 Å². The van der Waals surface area contributed by atoms with Crippen molar-refractivity contribution in [1.82, 2.24) is 19.5 Å². The van der Waals surface area contributed by atoms with E-state index in [-0.39, 0.29) is 0 Å². The number of nitrogens with two attached hydrogens (primary N) is 1. The third kappa shape index (κ3) is 2.88. The van der Waals surface area contributed by atoms with Crippen LogP contribution in [-0.4, -0.2) is 45.4 Å². The number of anilines is 1. The first-order chi connectivity index (χ1) is 9.84. The van der Waals surface area contributed by atoms with Gasteiger partial charge in [0.05, 0.1) is 12.4 Å². The summed E-state index contributed by atoms with van der Waals surface area (Å²) in [5, 5.41) is 0. The van der Waals surface area contributed by atoms with Gasteiger partial charge in [0, 0.05) is 26.4 Å². The molecule has 1 aliphatic rings. The first kappa shape index (κ1) is 13.3. The highest BCUT2D eigenvalue weighted by Gasteiger charge is 2.13. The number of fused-ring (bicyclic) bond motifs is 1. The van der Waals surface area contributed by atoms with Gasteiger partial charge in [-0.2, -0.15) is 0 Å². The number of hydrogen-bond donors (Lipinski definition) is 1. The van der Waals surface area contributed by atoms with Crippen molar-refractivity contribution in [3.8, 4) is 0 Å². The van der Waals surface area contributed by atoms with Gasteiger partial charge in [0.2, 0.25) is 0 Å². The van der Waals surface area contributed by atoms with E-state index in [0.717, 1.165) is 51.3 Å². The number of nitrogen functional groups attached to an aromatic ring is 1. The van der Waals surface area contributed by atoms with Gasteiger partial charge in [-0.15, -0.1) is 0 Å². The number of aromatic nitrogens is 4. The zero-order chi connectivity index (χ0) is 13.8. The van der Waals surface area contributed by atoms with Crippen LogP contribution in [0.1, 0.15) is 19.3 Å². The van der Waals surface area contributed by atoms with E-state index in [9.17, 15) is 0 Å². The van der Waals surface area contributed by atoms with E-state index in [1.807, 2.05) is 4.57 Å². The first-order valence-electron chi connectivity index (χ1n) is 6.95. The van der Waals surface area contributed by atoms with Gasteiger partial charge in [-0.25, -0.2) is 15.0 Å². The molecule has 0 atom stereocenters. The average molecular weight is 277 g/mol. The average Bonchev–Trinajstić information content (AvgIpc) is 2.90. The summed E-state index contributed by atoms with van der Waals surface area (Å²) in [6, 6.07) is 0. The van der Waals surface area contributed by atoms with E-state index >= 15 is 0 Å². The second-order valence-corrected chi connectivity index (χ2v) is 4.91. The van der Waals surface area contributed by atoms with E-state index < -0.39 is 0 Å².